The molecule has 106 valence electrons. The molecule has 3 unspecified atom stereocenters. The van der Waals surface area contributed by atoms with Crippen molar-refractivity contribution < 1.29 is 14.7 Å². The second-order valence-corrected chi connectivity index (χ2v) is 5.87. The van der Waals surface area contributed by atoms with E-state index < -0.39 is 12.0 Å². The molecule has 1 aromatic rings. The summed E-state index contributed by atoms with van der Waals surface area (Å²) in [5.74, 6) is 0.0692. The minimum absolute atomic E-state index is 0.0666. The van der Waals surface area contributed by atoms with Crippen LogP contribution in [0.15, 0.2) is 30.3 Å². The lowest BCUT2D eigenvalue weighted by Gasteiger charge is -2.15. The molecule has 0 aromatic heterocycles. The van der Waals surface area contributed by atoms with Crippen molar-refractivity contribution in [2.45, 2.75) is 31.7 Å². The third kappa shape index (κ3) is 2.55. The van der Waals surface area contributed by atoms with E-state index >= 15 is 0 Å². The summed E-state index contributed by atoms with van der Waals surface area (Å²) in [6.45, 7) is 0. The number of rotatable bonds is 5. The average molecular weight is 273 g/mol. The Hall–Kier alpha value is -1.84. The van der Waals surface area contributed by atoms with Crippen LogP contribution in [0.3, 0.4) is 0 Å². The summed E-state index contributed by atoms with van der Waals surface area (Å²) in [6, 6.07) is 8.58. The second-order valence-electron chi connectivity index (χ2n) is 5.87. The van der Waals surface area contributed by atoms with Crippen molar-refractivity contribution in [2.75, 3.05) is 0 Å². The van der Waals surface area contributed by atoms with Gasteiger partial charge in [0.05, 0.1) is 0 Å². The number of carbonyl (C=O) groups excluding carboxylic acids is 1. The molecule has 3 atom stereocenters. The van der Waals surface area contributed by atoms with Gasteiger partial charge in [0.2, 0.25) is 5.91 Å². The van der Waals surface area contributed by atoms with E-state index in [2.05, 4.69) is 5.32 Å². The lowest BCUT2D eigenvalue weighted by Crippen LogP contribution is -2.43. The van der Waals surface area contributed by atoms with Gasteiger partial charge in [0.25, 0.3) is 0 Å². The molecule has 0 radical (unpaired) electrons. The van der Waals surface area contributed by atoms with Crippen molar-refractivity contribution in [3.8, 4) is 0 Å². The first-order valence-corrected chi connectivity index (χ1v) is 7.24. The number of amides is 1. The van der Waals surface area contributed by atoms with E-state index in [1.165, 1.54) is 6.42 Å². The van der Waals surface area contributed by atoms with Crippen LogP contribution in [0.25, 0.3) is 0 Å². The fourth-order valence-corrected chi connectivity index (χ4v) is 3.53. The van der Waals surface area contributed by atoms with Crippen LogP contribution in [0.1, 0.15) is 24.8 Å². The van der Waals surface area contributed by atoms with E-state index in [9.17, 15) is 14.7 Å². The van der Waals surface area contributed by atoms with Crippen molar-refractivity contribution in [1.82, 2.24) is 5.32 Å². The molecule has 0 aliphatic heterocycles. The van der Waals surface area contributed by atoms with Crippen LogP contribution in [0.4, 0.5) is 0 Å². The Morgan fingerprint density at radius 2 is 1.85 bits per heavy atom. The van der Waals surface area contributed by atoms with Gasteiger partial charge in [-0.1, -0.05) is 36.8 Å². The number of hydrogen-bond donors (Lipinski definition) is 2. The van der Waals surface area contributed by atoms with Gasteiger partial charge in [-0.2, -0.15) is 0 Å². The second kappa shape index (κ2) is 5.27. The molecule has 20 heavy (non-hydrogen) atoms. The van der Waals surface area contributed by atoms with Gasteiger partial charge in [-0.25, -0.2) is 4.79 Å². The normalized spacial score (nSPS) is 28.5. The van der Waals surface area contributed by atoms with Crippen LogP contribution < -0.4 is 5.32 Å². The van der Waals surface area contributed by atoms with Crippen LogP contribution in [0.2, 0.25) is 0 Å². The number of carbonyl (C=O) groups is 2. The number of nitrogens with one attached hydrogen (secondary N) is 1. The SMILES string of the molecule is O=C(O)C(Cc1ccccc1)NC(=O)C1C2CCCC21. The predicted octanol–water partition coefficient (Wildman–Crippen LogP) is 1.84. The molecule has 2 fully saturated rings. The van der Waals surface area contributed by atoms with Crippen LogP contribution in [0, 0.1) is 17.8 Å². The topological polar surface area (TPSA) is 66.4 Å². The number of carboxylic acids is 1. The average Bonchev–Trinajstić information content (AvgIpc) is 2.93. The Kier molecular flexibility index (Phi) is 3.47. The Labute approximate surface area is 118 Å². The standard InChI is InChI=1S/C16H19NO3/c18-15(14-11-7-4-8-12(11)14)17-13(16(19)20)9-10-5-2-1-3-6-10/h1-3,5-6,11-14H,4,7-9H2,(H,17,18)(H,19,20). The number of aliphatic carboxylic acids is 1. The largest absolute Gasteiger partial charge is 0.480 e. The van der Waals surface area contributed by atoms with E-state index in [0.29, 0.717) is 18.3 Å². The highest BCUT2D eigenvalue weighted by atomic mass is 16.4. The summed E-state index contributed by atoms with van der Waals surface area (Å²) in [4.78, 5) is 23.5. The Morgan fingerprint density at radius 1 is 1.20 bits per heavy atom. The van der Waals surface area contributed by atoms with E-state index in [0.717, 1.165) is 18.4 Å². The molecule has 2 saturated carbocycles. The van der Waals surface area contributed by atoms with Gasteiger partial charge >= 0.3 is 5.97 Å². The first-order valence-electron chi connectivity index (χ1n) is 7.24. The van der Waals surface area contributed by atoms with E-state index in [-0.39, 0.29) is 11.8 Å². The van der Waals surface area contributed by atoms with Crippen molar-refractivity contribution in [3.63, 3.8) is 0 Å². The van der Waals surface area contributed by atoms with Gasteiger partial charge in [0, 0.05) is 12.3 Å². The van der Waals surface area contributed by atoms with E-state index in [1.807, 2.05) is 30.3 Å². The molecule has 4 nitrogen and oxygen atoms in total. The van der Waals surface area contributed by atoms with E-state index in [4.69, 9.17) is 0 Å². The lowest BCUT2D eigenvalue weighted by molar-refractivity contribution is -0.142. The molecular formula is C16H19NO3. The number of carboxylic acid groups (broad SMARTS) is 1. The van der Waals surface area contributed by atoms with Crippen LogP contribution in [0.5, 0.6) is 0 Å². The summed E-state index contributed by atoms with van der Waals surface area (Å²) in [6.07, 6.45) is 3.80. The molecule has 0 bridgehead atoms. The Balaban J connectivity index is 1.60. The van der Waals surface area contributed by atoms with Crippen LogP contribution in [-0.2, 0) is 16.0 Å². The highest BCUT2D eigenvalue weighted by molar-refractivity contribution is 5.87. The molecule has 2 aliphatic carbocycles. The van der Waals surface area contributed by atoms with Gasteiger partial charge in [0.1, 0.15) is 6.04 Å². The van der Waals surface area contributed by atoms with Crippen molar-refractivity contribution in [3.05, 3.63) is 35.9 Å². The number of hydrogen-bond acceptors (Lipinski definition) is 2. The zero-order valence-electron chi connectivity index (χ0n) is 11.3. The third-order valence-electron chi connectivity index (χ3n) is 4.61. The maximum absolute atomic E-state index is 12.1. The number of fused-ring (bicyclic) bond motifs is 1. The maximum Gasteiger partial charge on any atom is 0.326 e. The highest BCUT2D eigenvalue weighted by Gasteiger charge is 2.56. The quantitative estimate of drug-likeness (QED) is 0.860. The molecule has 0 saturated heterocycles. The zero-order chi connectivity index (χ0) is 14.1. The molecule has 0 heterocycles. The highest BCUT2D eigenvalue weighted by Crippen LogP contribution is 2.57. The minimum Gasteiger partial charge on any atom is -0.480 e. The summed E-state index contributed by atoms with van der Waals surface area (Å²) in [5.41, 5.74) is 0.927. The summed E-state index contributed by atoms with van der Waals surface area (Å²) >= 11 is 0. The first kappa shape index (κ1) is 13.2. The predicted molar refractivity (Wildman–Crippen MR) is 74.0 cm³/mol. The Bertz CT molecular complexity index is 504. The monoisotopic (exact) mass is 273 g/mol. The summed E-state index contributed by atoms with van der Waals surface area (Å²) in [7, 11) is 0. The van der Waals surface area contributed by atoms with Crippen molar-refractivity contribution in [2.24, 2.45) is 17.8 Å². The van der Waals surface area contributed by atoms with E-state index in [1.54, 1.807) is 0 Å². The molecule has 0 spiro atoms. The molecule has 1 aromatic carbocycles. The first-order chi connectivity index (χ1) is 9.66. The van der Waals surface area contributed by atoms with Gasteiger partial charge in [-0.15, -0.1) is 0 Å². The zero-order valence-corrected chi connectivity index (χ0v) is 11.3. The molecule has 2 aliphatic rings. The molecular weight excluding hydrogens is 254 g/mol. The lowest BCUT2D eigenvalue weighted by atomic mass is 10.1. The molecule has 3 rings (SSSR count). The minimum atomic E-state index is -0.965. The smallest absolute Gasteiger partial charge is 0.326 e. The van der Waals surface area contributed by atoms with Gasteiger partial charge in [0.15, 0.2) is 0 Å². The molecule has 4 heteroatoms. The van der Waals surface area contributed by atoms with Crippen molar-refractivity contribution in [1.29, 1.82) is 0 Å². The van der Waals surface area contributed by atoms with Crippen molar-refractivity contribution >= 4 is 11.9 Å². The summed E-state index contributed by atoms with van der Waals surface area (Å²) < 4.78 is 0. The van der Waals surface area contributed by atoms with Gasteiger partial charge in [-0.3, -0.25) is 4.79 Å². The summed E-state index contributed by atoms with van der Waals surface area (Å²) in [5, 5.41) is 12.0. The molecule has 2 N–H and O–H groups in total. The maximum atomic E-state index is 12.1. The van der Waals surface area contributed by atoms with Gasteiger partial charge in [-0.05, 0) is 30.2 Å². The van der Waals surface area contributed by atoms with Gasteiger partial charge < -0.3 is 10.4 Å². The molecule has 1 amide bonds. The van der Waals surface area contributed by atoms with Crippen LogP contribution in [-0.4, -0.2) is 23.0 Å². The third-order valence-corrected chi connectivity index (χ3v) is 4.61. The fourth-order valence-electron chi connectivity index (χ4n) is 3.53. The fraction of sp³-hybridized carbons (Fsp3) is 0.500. The Morgan fingerprint density at radius 3 is 2.45 bits per heavy atom. The number of benzene rings is 1. The van der Waals surface area contributed by atoms with Crippen LogP contribution >= 0.6 is 0 Å².